The van der Waals surface area contributed by atoms with Crippen LogP contribution in [0.25, 0.3) is 22.7 Å². The van der Waals surface area contributed by atoms with E-state index in [0.29, 0.717) is 35.0 Å². The second kappa shape index (κ2) is 7.80. The molecule has 30 heavy (non-hydrogen) atoms. The van der Waals surface area contributed by atoms with Crippen molar-refractivity contribution in [3.05, 3.63) is 17.8 Å². The molecule has 13 heteroatoms. The SMILES string of the molecule is CCNC(=O)[C@H]1O[C@@H](n2cnc3c(NC)nc(-c4cnc(Cl)n4C)nc32)[C@H](O)[C@@H]1O. The first-order valence-electron chi connectivity index (χ1n) is 9.26. The number of hydrogen-bond acceptors (Lipinski definition) is 9. The van der Waals surface area contributed by atoms with Gasteiger partial charge in [0.2, 0.25) is 5.28 Å². The molecule has 4 atom stereocenters. The number of halogens is 1. The van der Waals surface area contributed by atoms with Crippen LogP contribution in [0.1, 0.15) is 13.2 Å². The van der Waals surface area contributed by atoms with Crippen molar-refractivity contribution in [1.29, 1.82) is 0 Å². The lowest BCUT2D eigenvalue weighted by atomic mass is 10.1. The molecule has 1 aliphatic heterocycles. The van der Waals surface area contributed by atoms with Crippen LogP contribution < -0.4 is 10.6 Å². The Labute approximate surface area is 175 Å². The van der Waals surface area contributed by atoms with Gasteiger partial charge in [0.25, 0.3) is 5.91 Å². The molecule has 1 aliphatic rings. The van der Waals surface area contributed by atoms with E-state index >= 15 is 0 Å². The fourth-order valence-corrected chi connectivity index (χ4v) is 3.51. The summed E-state index contributed by atoms with van der Waals surface area (Å²) in [6.45, 7) is 2.12. The molecule has 0 aromatic carbocycles. The predicted octanol–water partition coefficient (Wildman–Crippen LogP) is -0.323. The summed E-state index contributed by atoms with van der Waals surface area (Å²) in [5.41, 5.74) is 1.34. The Morgan fingerprint density at radius 2 is 2.07 bits per heavy atom. The van der Waals surface area contributed by atoms with Gasteiger partial charge in [0.05, 0.1) is 12.5 Å². The lowest BCUT2D eigenvalue weighted by molar-refractivity contribution is -0.137. The number of anilines is 1. The Morgan fingerprint density at radius 3 is 2.70 bits per heavy atom. The highest BCUT2D eigenvalue weighted by Crippen LogP contribution is 2.33. The smallest absolute Gasteiger partial charge is 0.252 e. The predicted molar refractivity (Wildman–Crippen MR) is 107 cm³/mol. The van der Waals surface area contributed by atoms with E-state index in [1.807, 2.05) is 0 Å². The Hall–Kier alpha value is -2.80. The summed E-state index contributed by atoms with van der Waals surface area (Å²) in [6, 6.07) is 0. The Morgan fingerprint density at radius 1 is 1.30 bits per heavy atom. The summed E-state index contributed by atoms with van der Waals surface area (Å²) in [4.78, 5) is 29.6. The van der Waals surface area contributed by atoms with E-state index in [0.717, 1.165) is 0 Å². The molecule has 4 heterocycles. The first-order valence-corrected chi connectivity index (χ1v) is 9.64. The normalized spacial score (nSPS) is 23.8. The largest absolute Gasteiger partial charge is 0.387 e. The highest BCUT2D eigenvalue weighted by molar-refractivity contribution is 6.28. The highest BCUT2D eigenvalue weighted by Gasteiger charge is 2.47. The third kappa shape index (κ3) is 3.17. The average molecular weight is 437 g/mol. The Kier molecular flexibility index (Phi) is 5.32. The van der Waals surface area contributed by atoms with E-state index in [1.165, 1.54) is 10.9 Å². The van der Waals surface area contributed by atoms with Crippen LogP contribution in [-0.4, -0.2) is 77.1 Å². The number of rotatable bonds is 5. The molecule has 3 aromatic heterocycles. The van der Waals surface area contributed by atoms with Crippen molar-refractivity contribution < 1.29 is 19.7 Å². The van der Waals surface area contributed by atoms with Crippen molar-refractivity contribution in [2.45, 2.75) is 31.5 Å². The van der Waals surface area contributed by atoms with Crippen molar-refractivity contribution in [1.82, 2.24) is 34.4 Å². The van der Waals surface area contributed by atoms with Crippen LogP contribution in [0.5, 0.6) is 0 Å². The number of nitrogens with zero attached hydrogens (tertiary/aromatic N) is 6. The molecular formula is C17H21ClN8O4. The molecule has 1 fully saturated rings. The minimum Gasteiger partial charge on any atom is -0.387 e. The van der Waals surface area contributed by atoms with Gasteiger partial charge in [0, 0.05) is 20.6 Å². The summed E-state index contributed by atoms with van der Waals surface area (Å²) in [6.07, 6.45) is -2.10. The minimum absolute atomic E-state index is 0.274. The first kappa shape index (κ1) is 20.5. The lowest BCUT2D eigenvalue weighted by Crippen LogP contribution is -2.42. The number of nitrogens with one attached hydrogen (secondary N) is 2. The van der Waals surface area contributed by atoms with E-state index in [9.17, 15) is 15.0 Å². The molecule has 1 amide bonds. The van der Waals surface area contributed by atoms with Crippen LogP contribution in [-0.2, 0) is 16.6 Å². The second-order valence-corrected chi connectivity index (χ2v) is 7.10. The highest BCUT2D eigenvalue weighted by atomic mass is 35.5. The van der Waals surface area contributed by atoms with E-state index in [1.54, 1.807) is 31.8 Å². The third-order valence-electron chi connectivity index (χ3n) is 4.94. The maximum atomic E-state index is 12.2. The quantitative estimate of drug-likeness (QED) is 0.421. The van der Waals surface area contributed by atoms with Crippen molar-refractivity contribution >= 4 is 34.5 Å². The molecule has 0 radical (unpaired) electrons. The number of carbonyl (C=O) groups is 1. The van der Waals surface area contributed by atoms with Crippen molar-refractivity contribution in [2.75, 3.05) is 18.9 Å². The zero-order chi connectivity index (χ0) is 21.6. The number of likely N-dealkylation sites (N-methyl/N-ethyl adjacent to an activating group) is 1. The van der Waals surface area contributed by atoms with Crippen molar-refractivity contribution in [2.24, 2.45) is 7.05 Å². The monoisotopic (exact) mass is 436 g/mol. The van der Waals surface area contributed by atoms with Gasteiger partial charge in [-0.15, -0.1) is 0 Å². The van der Waals surface area contributed by atoms with E-state index in [4.69, 9.17) is 16.3 Å². The van der Waals surface area contributed by atoms with Crippen LogP contribution in [0.2, 0.25) is 5.28 Å². The molecule has 1 saturated heterocycles. The number of fused-ring (bicyclic) bond motifs is 1. The Balaban J connectivity index is 1.79. The molecule has 0 bridgehead atoms. The number of hydrogen-bond donors (Lipinski definition) is 4. The van der Waals surface area contributed by atoms with Gasteiger partial charge in [-0.1, -0.05) is 0 Å². The Bertz CT molecular complexity index is 1100. The lowest BCUT2D eigenvalue weighted by Gasteiger charge is -2.17. The molecule has 4 rings (SSSR count). The molecule has 160 valence electrons. The second-order valence-electron chi connectivity index (χ2n) is 6.76. The molecule has 0 unspecified atom stereocenters. The topological polar surface area (TPSA) is 152 Å². The number of imidazole rings is 2. The standard InChI is InChI=1S/C17H21ClN8O4/c1-4-20-15(29)11-9(27)10(28)16(30-11)26-6-22-8-13(19-2)23-12(24-14(8)26)7-5-21-17(18)25(7)3/h5-6,9-11,16,27-28H,4H2,1-3H3,(H,20,29)(H,19,23,24)/t9-,10+,11-,16+/m0/s1. The maximum absolute atomic E-state index is 12.2. The fourth-order valence-electron chi connectivity index (χ4n) is 3.37. The first-order chi connectivity index (χ1) is 14.4. The molecule has 3 aromatic rings. The van der Waals surface area contributed by atoms with Gasteiger partial charge in [0.1, 0.15) is 17.9 Å². The molecule has 0 spiro atoms. The van der Waals surface area contributed by atoms with Gasteiger partial charge in [0.15, 0.2) is 35.1 Å². The van der Waals surface area contributed by atoms with Crippen LogP contribution >= 0.6 is 11.6 Å². The summed E-state index contributed by atoms with van der Waals surface area (Å²) in [7, 11) is 3.42. The van der Waals surface area contributed by atoms with E-state index in [-0.39, 0.29) is 5.28 Å². The summed E-state index contributed by atoms with van der Waals surface area (Å²) in [5.74, 6) is 0.259. The number of ether oxygens (including phenoxy) is 1. The molecule has 0 aliphatic carbocycles. The van der Waals surface area contributed by atoms with Gasteiger partial charge >= 0.3 is 0 Å². The van der Waals surface area contributed by atoms with Crippen LogP contribution in [0.4, 0.5) is 5.82 Å². The number of amides is 1. The fraction of sp³-hybridized carbons (Fsp3) is 0.471. The van der Waals surface area contributed by atoms with Gasteiger partial charge in [-0.25, -0.2) is 19.9 Å². The number of aliphatic hydroxyl groups is 2. The van der Waals surface area contributed by atoms with Gasteiger partial charge in [-0.2, -0.15) is 0 Å². The van der Waals surface area contributed by atoms with Crippen molar-refractivity contribution in [3.8, 4) is 11.5 Å². The summed E-state index contributed by atoms with van der Waals surface area (Å²) < 4.78 is 8.78. The van der Waals surface area contributed by atoms with Crippen LogP contribution in [0, 0.1) is 0 Å². The number of carbonyl (C=O) groups excluding carboxylic acids is 1. The molecule has 0 saturated carbocycles. The van der Waals surface area contributed by atoms with E-state index < -0.39 is 30.4 Å². The van der Waals surface area contributed by atoms with Gasteiger partial charge < -0.3 is 30.2 Å². The molecule has 4 N–H and O–H groups in total. The minimum atomic E-state index is -1.40. The zero-order valence-electron chi connectivity index (χ0n) is 16.4. The summed E-state index contributed by atoms with van der Waals surface area (Å²) >= 11 is 6.04. The number of aromatic nitrogens is 6. The molecule has 12 nitrogen and oxygen atoms in total. The van der Waals surface area contributed by atoms with Crippen molar-refractivity contribution in [3.63, 3.8) is 0 Å². The maximum Gasteiger partial charge on any atom is 0.252 e. The zero-order valence-corrected chi connectivity index (χ0v) is 17.2. The third-order valence-corrected chi connectivity index (χ3v) is 5.29. The van der Waals surface area contributed by atoms with Crippen LogP contribution in [0.3, 0.4) is 0 Å². The van der Waals surface area contributed by atoms with Gasteiger partial charge in [-0.05, 0) is 18.5 Å². The molecular weight excluding hydrogens is 416 g/mol. The van der Waals surface area contributed by atoms with Crippen LogP contribution in [0.15, 0.2) is 12.5 Å². The van der Waals surface area contributed by atoms with Gasteiger partial charge in [-0.3, -0.25) is 9.36 Å². The van der Waals surface area contributed by atoms with E-state index in [2.05, 4.69) is 30.6 Å². The number of aliphatic hydroxyl groups excluding tert-OH is 2. The average Bonchev–Trinajstić information content (AvgIpc) is 3.39. The summed E-state index contributed by atoms with van der Waals surface area (Å²) in [5, 5.41) is 26.7.